The molecule has 1 fully saturated rings. The average molecular weight is 295 g/mol. The van der Waals surface area contributed by atoms with Crippen molar-refractivity contribution in [3.63, 3.8) is 0 Å². The molecule has 0 saturated carbocycles. The number of carbonyl (C=O) groups excluding carboxylic acids is 1. The minimum absolute atomic E-state index is 0.0452. The van der Waals surface area contributed by atoms with Gasteiger partial charge in [0.1, 0.15) is 0 Å². The fourth-order valence-electron chi connectivity index (χ4n) is 2.37. The number of nitrogens with one attached hydrogen (secondary N) is 2. The van der Waals surface area contributed by atoms with Gasteiger partial charge in [0, 0.05) is 30.0 Å². The third kappa shape index (κ3) is 3.10. The maximum atomic E-state index is 12.1. The Hall–Kier alpha value is -2.22. The van der Waals surface area contributed by atoms with E-state index in [2.05, 4.69) is 15.3 Å². The van der Waals surface area contributed by atoms with Gasteiger partial charge in [-0.1, -0.05) is 0 Å². The molecule has 1 aliphatic rings. The molecule has 1 aromatic heterocycles. The topological polar surface area (TPSA) is 121 Å². The van der Waals surface area contributed by atoms with Gasteiger partial charge in [-0.3, -0.25) is 4.79 Å². The Balaban J connectivity index is 2.15. The molecular weight excluding hydrogens is 278 g/mol. The van der Waals surface area contributed by atoms with E-state index >= 15 is 0 Å². The van der Waals surface area contributed by atoms with Gasteiger partial charge >= 0.3 is 11.7 Å². The van der Waals surface area contributed by atoms with Gasteiger partial charge in [0.15, 0.2) is 5.54 Å². The van der Waals surface area contributed by atoms with Gasteiger partial charge in [-0.05, 0) is 13.8 Å². The first kappa shape index (κ1) is 15.2. The van der Waals surface area contributed by atoms with Crippen molar-refractivity contribution in [2.24, 2.45) is 0 Å². The highest BCUT2D eigenvalue weighted by atomic mass is 16.5. The first-order valence-corrected chi connectivity index (χ1v) is 6.52. The second-order valence-corrected chi connectivity index (χ2v) is 5.15. The van der Waals surface area contributed by atoms with Crippen LogP contribution in [0.2, 0.25) is 0 Å². The summed E-state index contributed by atoms with van der Waals surface area (Å²) in [5.74, 6) is -1.55. The number of hydrogen-bond donors (Lipinski definition) is 3. The van der Waals surface area contributed by atoms with Crippen LogP contribution in [0.3, 0.4) is 0 Å². The number of aromatic amines is 1. The molecule has 1 unspecified atom stereocenters. The highest BCUT2D eigenvalue weighted by molar-refractivity contribution is 5.88. The van der Waals surface area contributed by atoms with Crippen molar-refractivity contribution >= 4 is 11.9 Å². The van der Waals surface area contributed by atoms with E-state index in [4.69, 9.17) is 4.74 Å². The number of rotatable bonds is 4. The number of ether oxygens (including phenoxy) is 1. The number of amides is 1. The van der Waals surface area contributed by atoms with E-state index < -0.39 is 23.1 Å². The van der Waals surface area contributed by atoms with Crippen molar-refractivity contribution < 1.29 is 19.4 Å². The number of nitrogens with zero attached hydrogens (tertiary/aromatic N) is 1. The van der Waals surface area contributed by atoms with Crippen molar-refractivity contribution in [1.29, 1.82) is 0 Å². The molecule has 8 heteroatoms. The Kier molecular flexibility index (Phi) is 4.08. The number of carbonyl (C=O) groups is 2. The number of carboxylic acid groups (broad SMARTS) is 1. The van der Waals surface area contributed by atoms with Crippen molar-refractivity contribution in [2.75, 3.05) is 13.2 Å². The normalized spacial score (nSPS) is 21.2. The van der Waals surface area contributed by atoms with Crippen LogP contribution in [0.4, 0.5) is 0 Å². The Morgan fingerprint density at radius 3 is 2.71 bits per heavy atom. The van der Waals surface area contributed by atoms with E-state index in [1.54, 1.807) is 13.8 Å². The highest BCUT2D eigenvalue weighted by Crippen LogP contribution is 2.19. The summed E-state index contributed by atoms with van der Waals surface area (Å²) in [4.78, 5) is 40.9. The van der Waals surface area contributed by atoms with Gasteiger partial charge in [0.2, 0.25) is 5.91 Å². The summed E-state index contributed by atoms with van der Waals surface area (Å²) >= 11 is 0. The van der Waals surface area contributed by atoms with Crippen molar-refractivity contribution in [1.82, 2.24) is 15.3 Å². The van der Waals surface area contributed by atoms with E-state index in [1.807, 2.05) is 0 Å². The van der Waals surface area contributed by atoms with Crippen LogP contribution in [-0.2, 0) is 20.7 Å². The zero-order chi connectivity index (χ0) is 15.6. The number of hydrogen-bond acceptors (Lipinski definition) is 5. The standard InChI is InChI=1S/C13H17N3O5/c1-7-9(8(2)15-12(20)14-7)5-10(17)16-13(11(18)19)3-4-21-6-13/h3-6H2,1-2H3,(H,16,17)(H,18,19)(H,14,15,20). The van der Waals surface area contributed by atoms with E-state index in [0.717, 1.165) is 0 Å². The molecule has 8 nitrogen and oxygen atoms in total. The van der Waals surface area contributed by atoms with Crippen LogP contribution in [0.15, 0.2) is 4.79 Å². The molecule has 2 heterocycles. The number of carboxylic acids is 1. The lowest BCUT2D eigenvalue weighted by molar-refractivity contribution is -0.147. The molecule has 114 valence electrons. The van der Waals surface area contributed by atoms with Crippen molar-refractivity contribution in [3.8, 4) is 0 Å². The third-order valence-corrected chi connectivity index (χ3v) is 3.60. The Labute approximate surface area is 120 Å². The molecule has 1 saturated heterocycles. The summed E-state index contributed by atoms with van der Waals surface area (Å²) in [6, 6.07) is 0. The van der Waals surface area contributed by atoms with Gasteiger partial charge in [-0.15, -0.1) is 0 Å². The Morgan fingerprint density at radius 2 is 2.19 bits per heavy atom. The maximum Gasteiger partial charge on any atom is 0.345 e. The largest absolute Gasteiger partial charge is 0.479 e. The lowest BCUT2D eigenvalue weighted by atomic mass is 9.98. The second kappa shape index (κ2) is 5.65. The van der Waals surface area contributed by atoms with Crippen LogP contribution < -0.4 is 11.0 Å². The van der Waals surface area contributed by atoms with E-state index in [9.17, 15) is 19.5 Å². The van der Waals surface area contributed by atoms with Crippen LogP contribution >= 0.6 is 0 Å². The highest BCUT2D eigenvalue weighted by Gasteiger charge is 2.43. The molecule has 21 heavy (non-hydrogen) atoms. The first-order chi connectivity index (χ1) is 9.84. The van der Waals surface area contributed by atoms with E-state index in [1.165, 1.54) is 0 Å². The fourth-order valence-corrected chi connectivity index (χ4v) is 2.37. The third-order valence-electron chi connectivity index (χ3n) is 3.60. The van der Waals surface area contributed by atoms with E-state index in [-0.39, 0.29) is 19.4 Å². The molecule has 1 atom stereocenters. The van der Waals surface area contributed by atoms with Crippen LogP contribution in [0, 0.1) is 13.8 Å². The number of aryl methyl sites for hydroxylation is 2. The van der Waals surface area contributed by atoms with Crippen LogP contribution in [0.1, 0.15) is 23.4 Å². The fraction of sp³-hybridized carbons (Fsp3) is 0.538. The Morgan fingerprint density at radius 1 is 1.48 bits per heavy atom. The quantitative estimate of drug-likeness (QED) is 0.674. The SMILES string of the molecule is Cc1nc(=O)[nH]c(C)c1CC(=O)NC1(C(=O)O)CCOC1. The first-order valence-electron chi connectivity index (χ1n) is 6.52. The van der Waals surface area contributed by atoms with Crippen molar-refractivity contribution in [3.05, 3.63) is 27.4 Å². The van der Waals surface area contributed by atoms with Crippen LogP contribution in [0.5, 0.6) is 0 Å². The molecule has 0 spiro atoms. The molecule has 0 bridgehead atoms. The smallest absolute Gasteiger partial charge is 0.345 e. The Bertz CT molecular complexity index is 605. The van der Waals surface area contributed by atoms with Gasteiger partial charge in [-0.2, -0.15) is 4.98 Å². The van der Waals surface area contributed by atoms with Crippen molar-refractivity contribution in [2.45, 2.75) is 32.2 Å². The summed E-state index contributed by atoms with van der Waals surface area (Å²) in [6.45, 7) is 3.56. The van der Waals surface area contributed by atoms with Gasteiger partial charge in [-0.25, -0.2) is 9.59 Å². The molecule has 0 aromatic carbocycles. The number of aliphatic carboxylic acids is 1. The summed E-state index contributed by atoms with van der Waals surface area (Å²) in [7, 11) is 0. The molecule has 2 rings (SSSR count). The monoisotopic (exact) mass is 295 g/mol. The van der Waals surface area contributed by atoms with E-state index in [0.29, 0.717) is 23.6 Å². The van der Waals surface area contributed by atoms with Crippen LogP contribution in [-0.4, -0.2) is 45.7 Å². The predicted octanol–water partition coefficient (Wildman–Crippen LogP) is -0.711. The molecule has 1 aromatic rings. The summed E-state index contributed by atoms with van der Waals surface area (Å²) in [5, 5.41) is 11.8. The zero-order valence-electron chi connectivity index (χ0n) is 11.9. The minimum Gasteiger partial charge on any atom is -0.479 e. The molecule has 3 N–H and O–H groups in total. The predicted molar refractivity (Wildman–Crippen MR) is 72.0 cm³/mol. The molecule has 0 aliphatic carbocycles. The maximum absolute atomic E-state index is 12.1. The van der Waals surface area contributed by atoms with Gasteiger partial charge < -0.3 is 20.1 Å². The summed E-state index contributed by atoms with van der Waals surface area (Å²) in [6.07, 6.45) is 0.187. The second-order valence-electron chi connectivity index (χ2n) is 5.15. The summed E-state index contributed by atoms with van der Waals surface area (Å²) < 4.78 is 5.08. The zero-order valence-corrected chi connectivity index (χ0v) is 11.9. The molecule has 1 aliphatic heterocycles. The lowest BCUT2D eigenvalue weighted by Gasteiger charge is -2.24. The summed E-state index contributed by atoms with van der Waals surface area (Å²) in [5.41, 5.74) is -0.242. The molecule has 0 radical (unpaired) electrons. The average Bonchev–Trinajstić information content (AvgIpc) is 2.83. The number of aromatic nitrogens is 2. The van der Waals surface area contributed by atoms with Gasteiger partial charge in [0.25, 0.3) is 0 Å². The lowest BCUT2D eigenvalue weighted by Crippen LogP contribution is -2.55. The van der Waals surface area contributed by atoms with Gasteiger partial charge in [0.05, 0.1) is 13.0 Å². The number of H-pyrrole nitrogens is 1. The minimum atomic E-state index is -1.37. The van der Waals surface area contributed by atoms with Crippen LogP contribution in [0.25, 0.3) is 0 Å². The molecule has 1 amide bonds. The molecular formula is C13H17N3O5.